The molecule has 2 aliphatic rings. The van der Waals surface area contributed by atoms with Crippen molar-refractivity contribution in [2.45, 2.75) is 31.2 Å². The fourth-order valence-corrected chi connectivity index (χ4v) is 4.62. The van der Waals surface area contributed by atoms with E-state index in [0.717, 1.165) is 22.4 Å². The van der Waals surface area contributed by atoms with Crippen LogP contribution in [0.5, 0.6) is 0 Å². The predicted octanol–water partition coefficient (Wildman–Crippen LogP) is 3.10. The normalized spacial score (nSPS) is 30.1. The van der Waals surface area contributed by atoms with Crippen LogP contribution in [0.3, 0.4) is 0 Å². The van der Waals surface area contributed by atoms with Gasteiger partial charge in [-0.1, -0.05) is 48.1 Å². The van der Waals surface area contributed by atoms with Gasteiger partial charge in [-0.2, -0.15) is 0 Å². The molecule has 2 N–H and O–H groups in total. The SMILES string of the molecule is NC(c1ccccc1)c1nnc(C2C3CCCC32)s1. The number of hydrogen-bond donors (Lipinski definition) is 1. The lowest BCUT2D eigenvalue weighted by molar-refractivity contribution is 0.674. The third-order valence-corrected chi connectivity index (χ3v) is 5.68. The molecule has 0 radical (unpaired) electrons. The van der Waals surface area contributed by atoms with E-state index < -0.39 is 0 Å². The summed E-state index contributed by atoms with van der Waals surface area (Å²) in [6.45, 7) is 0. The molecule has 0 saturated heterocycles. The van der Waals surface area contributed by atoms with Crippen molar-refractivity contribution in [2.75, 3.05) is 0 Å². The molecule has 1 aromatic heterocycles. The Morgan fingerprint density at radius 1 is 1.11 bits per heavy atom. The van der Waals surface area contributed by atoms with E-state index in [9.17, 15) is 0 Å². The molecule has 2 aliphatic carbocycles. The summed E-state index contributed by atoms with van der Waals surface area (Å²) < 4.78 is 0. The maximum Gasteiger partial charge on any atom is 0.138 e. The van der Waals surface area contributed by atoms with Crippen molar-refractivity contribution in [3.8, 4) is 0 Å². The van der Waals surface area contributed by atoms with E-state index in [1.165, 1.54) is 24.3 Å². The third kappa shape index (κ3) is 1.90. The standard InChI is InChI=1S/C15H17N3S/c16-13(9-5-2-1-3-6-9)15-18-17-14(19-15)12-10-7-4-8-11(10)12/h1-3,5-6,10-13H,4,7-8,16H2. The molecule has 2 saturated carbocycles. The van der Waals surface area contributed by atoms with Gasteiger partial charge in [-0.25, -0.2) is 0 Å². The quantitative estimate of drug-likeness (QED) is 0.933. The van der Waals surface area contributed by atoms with Crippen molar-refractivity contribution in [3.63, 3.8) is 0 Å². The van der Waals surface area contributed by atoms with Gasteiger partial charge in [0.25, 0.3) is 0 Å². The molecule has 4 heteroatoms. The molecule has 2 fully saturated rings. The Kier molecular flexibility index (Phi) is 2.67. The molecule has 19 heavy (non-hydrogen) atoms. The van der Waals surface area contributed by atoms with Crippen LogP contribution < -0.4 is 5.73 Å². The number of hydrogen-bond acceptors (Lipinski definition) is 4. The van der Waals surface area contributed by atoms with Crippen molar-refractivity contribution in [2.24, 2.45) is 17.6 Å². The number of fused-ring (bicyclic) bond motifs is 1. The molecule has 0 aliphatic heterocycles. The van der Waals surface area contributed by atoms with Crippen LogP contribution in [0.25, 0.3) is 0 Å². The minimum atomic E-state index is -0.133. The number of benzene rings is 1. The fraction of sp³-hybridized carbons (Fsp3) is 0.467. The maximum atomic E-state index is 6.27. The molecule has 3 nitrogen and oxygen atoms in total. The number of aromatic nitrogens is 2. The Hall–Kier alpha value is -1.26. The van der Waals surface area contributed by atoms with Gasteiger partial charge in [0.15, 0.2) is 0 Å². The molecular weight excluding hydrogens is 254 g/mol. The number of rotatable bonds is 3. The molecule has 3 atom stereocenters. The van der Waals surface area contributed by atoms with E-state index in [1.807, 2.05) is 18.2 Å². The Morgan fingerprint density at radius 3 is 2.58 bits per heavy atom. The Bertz CT molecular complexity index is 570. The van der Waals surface area contributed by atoms with Gasteiger partial charge >= 0.3 is 0 Å². The first-order chi connectivity index (χ1) is 9.34. The van der Waals surface area contributed by atoms with Crippen molar-refractivity contribution < 1.29 is 0 Å². The predicted molar refractivity (Wildman–Crippen MR) is 76.0 cm³/mol. The van der Waals surface area contributed by atoms with Crippen LogP contribution >= 0.6 is 11.3 Å². The highest BCUT2D eigenvalue weighted by atomic mass is 32.1. The van der Waals surface area contributed by atoms with Gasteiger partial charge in [-0.3, -0.25) is 0 Å². The zero-order chi connectivity index (χ0) is 12.8. The van der Waals surface area contributed by atoms with Crippen LogP contribution in [0.4, 0.5) is 0 Å². The van der Waals surface area contributed by atoms with Gasteiger partial charge in [0.1, 0.15) is 10.0 Å². The van der Waals surface area contributed by atoms with Crippen LogP contribution in [0.2, 0.25) is 0 Å². The first-order valence-corrected chi connectivity index (χ1v) is 7.80. The average Bonchev–Trinajstić information content (AvgIpc) is 2.90. The second-order valence-electron chi connectivity index (χ2n) is 5.65. The van der Waals surface area contributed by atoms with Gasteiger partial charge in [0.05, 0.1) is 6.04 Å². The Morgan fingerprint density at radius 2 is 1.84 bits per heavy atom. The molecule has 4 rings (SSSR count). The van der Waals surface area contributed by atoms with Crippen molar-refractivity contribution in [3.05, 3.63) is 45.9 Å². The molecule has 1 heterocycles. The lowest BCUT2D eigenvalue weighted by Gasteiger charge is -2.07. The van der Waals surface area contributed by atoms with Crippen molar-refractivity contribution >= 4 is 11.3 Å². The molecule has 1 aromatic carbocycles. The van der Waals surface area contributed by atoms with E-state index in [0.29, 0.717) is 5.92 Å². The van der Waals surface area contributed by atoms with E-state index in [4.69, 9.17) is 5.73 Å². The topological polar surface area (TPSA) is 51.8 Å². The van der Waals surface area contributed by atoms with E-state index in [2.05, 4.69) is 22.3 Å². The molecule has 2 aromatic rings. The molecule has 0 amide bonds. The highest BCUT2D eigenvalue weighted by Crippen LogP contribution is 2.63. The second kappa shape index (κ2) is 4.39. The van der Waals surface area contributed by atoms with Crippen molar-refractivity contribution in [1.29, 1.82) is 0 Å². The summed E-state index contributed by atoms with van der Waals surface area (Å²) in [5.41, 5.74) is 7.39. The van der Waals surface area contributed by atoms with E-state index in [-0.39, 0.29) is 6.04 Å². The summed E-state index contributed by atoms with van der Waals surface area (Å²) in [6.07, 6.45) is 4.17. The Balaban J connectivity index is 1.55. The summed E-state index contributed by atoms with van der Waals surface area (Å²) in [6, 6.07) is 10.0. The fourth-order valence-electron chi connectivity index (χ4n) is 3.50. The number of nitrogens with two attached hydrogens (primary N) is 1. The lowest BCUT2D eigenvalue weighted by Crippen LogP contribution is -2.11. The van der Waals surface area contributed by atoms with Crippen LogP contribution in [0.1, 0.15) is 46.8 Å². The third-order valence-electron chi connectivity index (χ3n) is 4.57. The van der Waals surface area contributed by atoms with Gasteiger partial charge in [0.2, 0.25) is 0 Å². The number of nitrogens with zero attached hydrogens (tertiary/aromatic N) is 2. The minimum absolute atomic E-state index is 0.133. The summed E-state index contributed by atoms with van der Waals surface area (Å²) >= 11 is 1.72. The zero-order valence-electron chi connectivity index (χ0n) is 10.7. The zero-order valence-corrected chi connectivity index (χ0v) is 11.5. The van der Waals surface area contributed by atoms with Crippen LogP contribution in [-0.2, 0) is 0 Å². The summed E-state index contributed by atoms with van der Waals surface area (Å²) in [7, 11) is 0. The average molecular weight is 271 g/mol. The molecule has 98 valence electrons. The lowest BCUT2D eigenvalue weighted by atomic mass is 10.1. The molecule has 0 spiro atoms. The van der Waals surface area contributed by atoms with Gasteiger partial charge in [-0.15, -0.1) is 10.2 Å². The Labute approximate surface area is 116 Å². The summed E-state index contributed by atoms with van der Waals surface area (Å²) in [4.78, 5) is 0. The summed E-state index contributed by atoms with van der Waals surface area (Å²) in [5.74, 6) is 2.49. The van der Waals surface area contributed by atoms with E-state index in [1.54, 1.807) is 11.3 Å². The smallest absolute Gasteiger partial charge is 0.138 e. The monoisotopic (exact) mass is 271 g/mol. The van der Waals surface area contributed by atoms with Crippen LogP contribution in [0, 0.1) is 11.8 Å². The highest BCUT2D eigenvalue weighted by Gasteiger charge is 2.54. The highest BCUT2D eigenvalue weighted by molar-refractivity contribution is 7.11. The first-order valence-electron chi connectivity index (χ1n) is 6.98. The molecule has 3 unspecified atom stereocenters. The van der Waals surface area contributed by atoms with Gasteiger partial charge < -0.3 is 5.73 Å². The van der Waals surface area contributed by atoms with Gasteiger partial charge in [0, 0.05) is 5.92 Å². The van der Waals surface area contributed by atoms with Crippen LogP contribution in [0.15, 0.2) is 30.3 Å². The van der Waals surface area contributed by atoms with Crippen LogP contribution in [-0.4, -0.2) is 10.2 Å². The second-order valence-corrected chi connectivity index (χ2v) is 6.69. The molecular formula is C15H17N3S. The van der Waals surface area contributed by atoms with Crippen molar-refractivity contribution in [1.82, 2.24) is 10.2 Å². The first kappa shape index (κ1) is 11.6. The molecule has 0 bridgehead atoms. The minimum Gasteiger partial charge on any atom is -0.318 e. The largest absolute Gasteiger partial charge is 0.318 e. The van der Waals surface area contributed by atoms with E-state index >= 15 is 0 Å². The summed E-state index contributed by atoms with van der Waals surface area (Å²) in [5, 5.41) is 10.9. The van der Waals surface area contributed by atoms with Gasteiger partial charge in [-0.05, 0) is 30.2 Å². The maximum absolute atomic E-state index is 6.27.